The molecule has 0 saturated carbocycles. The maximum Gasteiger partial charge on any atom is 0.337 e. The van der Waals surface area contributed by atoms with E-state index in [0.29, 0.717) is 30.9 Å². The number of carboxylic acid groups (broad SMARTS) is 1. The van der Waals surface area contributed by atoms with Crippen LogP contribution < -0.4 is 4.74 Å². The molecule has 0 radical (unpaired) electrons. The van der Waals surface area contributed by atoms with E-state index < -0.39 is 5.97 Å². The van der Waals surface area contributed by atoms with Gasteiger partial charge in [0.15, 0.2) is 0 Å². The summed E-state index contributed by atoms with van der Waals surface area (Å²) in [6, 6.07) is 27.1. The zero-order valence-electron chi connectivity index (χ0n) is 25.0. The van der Waals surface area contributed by atoms with Crippen LogP contribution in [0.3, 0.4) is 0 Å². The summed E-state index contributed by atoms with van der Waals surface area (Å²) in [7, 11) is 1.39. The first-order chi connectivity index (χ1) is 20.9. The summed E-state index contributed by atoms with van der Waals surface area (Å²) >= 11 is 0. The van der Waals surface area contributed by atoms with Gasteiger partial charge in [-0.05, 0) is 72.3 Å². The minimum Gasteiger partial charge on any atom is -0.489 e. The fourth-order valence-corrected chi connectivity index (χ4v) is 5.58. The highest BCUT2D eigenvalue weighted by molar-refractivity contribution is 5.91. The lowest BCUT2D eigenvalue weighted by atomic mass is 9.82. The van der Waals surface area contributed by atoms with E-state index in [-0.39, 0.29) is 18.3 Å². The van der Waals surface area contributed by atoms with Gasteiger partial charge in [-0.25, -0.2) is 4.79 Å². The molecule has 0 aliphatic heterocycles. The van der Waals surface area contributed by atoms with Crippen LogP contribution in [-0.2, 0) is 27.4 Å². The fraction of sp³-hybridized carbons (Fsp3) is 0.316. The van der Waals surface area contributed by atoms with Gasteiger partial charge in [-0.3, -0.25) is 4.79 Å². The van der Waals surface area contributed by atoms with Gasteiger partial charge in [0.2, 0.25) is 0 Å². The summed E-state index contributed by atoms with van der Waals surface area (Å²) in [6.07, 6.45) is 11.8. The van der Waals surface area contributed by atoms with Gasteiger partial charge in [0, 0.05) is 6.42 Å². The predicted molar refractivity (Wildman–Crippen MR) is 172 cm³/mol. The van der Waals surface area contributed by atoms with Crippen molar-refractivity contribution in [3.05, 3.63) is 126 Å². The topological polar surface area (TPSA) is 72.8 Å². The number of hydrogen-bond acceptors (Lipinski definition) is 4. The number of carbonyl (C=O) groups is 2. The molecule has 3 aromatic carbocycles. The molecule has 2 unspecified atom stereocenters. The van der Waals surface area contributed by atoms with E-state index in [1.165, 1.54) is 23.8 Å². The molecule has 0 bridgehead atoms. The lowest BCUT2D eigenvalue weighted by Gasteiger charge is -2.23. The number of carboxylic acids is 1. The third kappa shape index (κ3) is 9.85. The number of unbranched alkanes of at least 4 members (excludes halogenated alkanes) is 1. The highest BCUT2D eigenvalue weighted by atomic mass is 16.5. The molecule has 0 spiro atoms. The molecule has 0 amide bonds. The largest absolute Gasteiger partial charge is 0.489 e. The van der Waals surface area contributed by atoms with Gasteiger partial charge in [-0.1, -0.05) is 116 Å². The summed E-state index contributed by atoms with van der Waals surface area (Å²) < 4.78 is 11.2. The summed E-state index contributed by atoms with van der Waals surface area (Å²) in [6.45, 7) is 4.80. The predicted octanol–water partition coefficient (Wildman–Crippen LogP) is 8.75. The molecule has 0 saturated heterocycles. The molecule has 3 aromatic rings. The van der Waals surface area contributed by atoms with Gasteiger partial charge in [-0.15, -0.1) is 0 Å². The second-order valence-electron chi connectivity index (χ2n) is 11.2. The molecule has 1 N–H and O–H groups in total. The molecule has 1 aliphatic rings. The Morgan fingerprint density at radius 1 is 0.930 bits per heavy atom. The van der Waals surface area contributed by atoms with Crippen molar-refractivity contribution < 1.29 is 24.2 Å². The Morgan fingerprint density at radius 3 is 2.40 bits per heavy atom. The molecule has 2 atom stereocenters. The van der Waals surface area contributed by atoms with E-state index in [0.717, 1.165) is 49.0 Å². The number of methoxy groups -OCH3 is 1. The number of esters is 1. The van der Waals surface area contributed by atoms with Crippen molar-refractivity contribution in [1.29, 1.82) is 0 Å². The monoisotopic (exact) mass is 578 g/mol. The van der Waals surface area contributed by atoms with Crippen LogP contribution in [0.15, 0.2) is 115 Å². The standard InChI is InChI=1S/C38H42O5/c1-28-16-20-34(38(41)42-2)24-25-35(28)26-29(10-6-9-15-37(39)40)17-23-33-13-7-8-14-36(33)43-27-30-18-21-32(22-19-30)31-11-4-3-5-12-31/h3-5,7-8,11-14,18-22,24-25,29,35H,1,6,9-10,15-17,23,26-27H2,2H3,(H,39,40). The van der Waals surface area contributed by atoms with Crippen LogP contribution in [0.5, 0.6) is 5.75 Å². The van der Waals surface area contributed by atoms with Crippen LogP contribution in [0.2, 0.25) is 0 Å². The Labute approximate surface area is 255 Å². The number of rotatable bonds is 15. The van der Waals surface area contributed by atoms with E-state index in [4.69, 9.17) is 14.6 Å². The summed E-state index contributed by atoms with van der Waals surface area (Å²) in [5, 5.41) is 9.10. The minimum absolute atomic E-state index is 0.147. The van der Waals surface area contributed by atoms with Gasteiger partial charge in [-0.2, -0.15) is 0 Å². The zero-order valence-corrected chi connectivity index (χ0v) is 25.0. The molecular formula is C38H42O5. The third-order valence-electron chi connectivity index (χ3n) is 8.13. The maximum atomic E-state index is 12.1. The molecule has 4 rings (SSSR count). The number of carbonyl (C=O) groups excluding carboxylic acids is 1. The summed E-state index contributed by atoms with van der Waals surface area (Å²) in [5.41, 5.74) is 6.30. The summed E-state index contributed by atoms with van der Waals surface area (Å²) in [5.74, 6) is 0.328. The van der Waals surface area contributed by atoms with Crippen LogP contribution in [-0.4, -0.2) is 24.2 Å². The van der Waals surface area contributed by atoms with E-state index in [1.54, 1.807) is 0 Å². The van der Waals surface area contributed by atoms with Crippen LogP contribution in [0.1, 0.15) is 56.1 Å². The molecule has 43 heavy (non-hydrogen) atoms. The Kier molecular flexibility index (Phi) is 12.0. The maximum absolute atomic E-state index is 12.1. The average Bonchev–Trinajstić information content (AvgIpc) is 3.22. The van der Waals surface area contributed by atoms with Crippen molar-refractivity contribution in [2.24, 2.45) is 11.8 Å². The van der Waals surface area contributed by atoms with Crippen molar-refractivity contribution in [2.75, 3.05) is 7.11 Å². The van der Waals surface area contributed by atoms with Crippen molar-refractivity contribution in [1.82, 2.24) is 0 Å². The molecular weight excluding hydrogens is 536 g/mol. The van der Waals surface area contributed by atoms with E-state index in [1.807, 2.05) is 42.5 Å². The molecule has 0 heterocycles. The van der Waals surface area contributed by atoms with Crippen LogP contribution in [0.25, 0.3) is 11.1 Å². The van der Waals surface area contributed by atoms with Gasteiger partial charge >= 0.3 is 11.9 Å². The smallest absolute Gasteiger partial charge is 0.337 e. The number of aliphatic carboxylic acids is 1. The number of allylic oxidation sites excluding steroid dienone is 3. The number of ether oxygens (including phenoxy) is 2. The summed E-state index contributed by atoms with van der Waals surface area (Å²) in [4.78, 5) is 23.1. The molecule has 5 heteroatoms. The Morgan fingerprint density at radius 2 is 1.65 bits per heavy atom. The quantitative estimate of drug-likeness (QED) is 0.111. The Bertz CT molecular complexity index is 1420. The van der Waals surface area contributed by atoms with Crippen molar-refractivity contribution in [2.45, 2.75) is 58.0 Å². The van der Waals surface area contributed by atoms with Crippen LogP contribution >= 0.6 is 0 Å². The van der Waals surface area contributed by atoms with Crippen molar-refractivity contribution >= 4 is 11.9 Å². The second kappa shape index (κ2) is 16.3. The van der Waals surface area contributed by atoms with E-state index >= 15 is 0 Å². The molecule has 0 fully saturated rings. The molecule has 5 nitrogen and oxygen atoms in total. The van der Waals surface area contributed by atoms with Crippen molar-refractivity contribution in [3.63, 3.8) is 0 Å². The van der Waals surface area contributed by atoms with Gasteiger partial charge in [0.05, 0.1) is 12.7 Å². The number of benzene rings is 3. The number of hydrogen-bond donors (Lipinski definition) is 1. The first-order valence-corrected chi connectivity index (χ1v) is 15.1. The van der Waals surface area contributed by atoms with Gasteiger partial charge in [0.1, 0.15) is 12.4 Å². The Balaban J connectivity index is 1.39. The third-order valence-corrected chi connectivity index (χ3v) is 8.13. The van der Waals surface area contributed by atoms with Crippen molar-refractivity contribution in [3.8, 4) is 16.9 Å². The van der Waals surface area contributed by atoms with Gasteiger partial charge in [0.25, 0.3) is 0 Å². The molecule has 224 valence electrons. The molecule has 0 aromatic heterocycles. The van der Waals surface area contributed by atoms with Gasteiger partial charge < -0.3 is 14.6 Å². The van der Waals surface area contributed by atoms with E-state index in [9.17, 15) is 9.59 Å². The highest BCUT2D eigenvalue weighted by Crippen LogP contribution is 2.33. The number of aryl methyl sites for hydroxylation is 1. The minimum atomic E-state index is -0.751. The second-order valence-corrected chi connectivity index (χ2v) is 11.2. The van der Waals surface area contributed by atoms with Crippen LogP contribution in [0, 0.1) is 11.8 Å². The van der Waals surface area contributed by atoms with E-state index in [2.05, 4.69) is 61.2 Å². The Hall–Kier alpha value is -4.38. The first-order valence-electron chi connectivity index (χ1n) is 15.1. The molecule has 1 aliphatic carbocycles. The zero-order chi connectivity index (χ0) is 30.4. The lowest BCUT2D eigenvalue weighted by molar-refractivity contribution is -0.137. The number of para-hydroxylation sites is 1. The first kappa shape index (κ1) is 31.6. The highest BCUT2D eigenvalue weighted by Gasteiger charge is 2.20. The lowest BCUT2D eigenvalue weighted by Crippen LogP contribution is -2.11. The average molecular weight is 579 g/mol. The van der Waals surface area contributed by atoms with Crippen LogP contribution in [0.4, 0.5) is 0 Å². The normalized spacial score (nSPS) is 15.3. The fourth-order valence-electron chi connectivity index (χ4n) is 5.58. The SMILES string of the molecule is C=C1CC=C(C(=O)OC)C=CC1CC(CCCCC(=O)O)CCc1ccccc1OCc1ccc(-c2ccccc2)cc1.